The van der Waals surface area contributed by atoms with E-state index in [-0.39, 0.29) is 5.54 Å². The van der Waals surface area contributed by atoms with Crippen LogP contribution in [0, 0.1) is 0 Å². The Bertz CT molecular complexity index is 595. The molecule has 2 aromatic rings. The summed E-state index contributed by atoms with van der Waals surface area (Å²) in [6.45, 7) is 7.49. The van der Waals surface area contributed by atoms with Crippen LogP contribution in [0.15, 0.2) is 42.7 Å². The number of hydrogen-bond donors (Lipinski definition) is 1. The first-order valence-corrected chi connectivity index (χ1v) is 7.48. The minimum absolute atomic E-state index is 0.0622. The van der Waals surface area contributed by atoms with Crippen molar-refractivity contribution in [1.29, 1.82) is 0 Å². The smallest absolute Gasteiger partial charge is 0.222 e. The predicted molar refractivity (Wildman–Crippen MR) is 85.2 cm³/mol. The van der Waals surface area contributed by atoms with E-state index in [1.165, 1.54) is 11.1 Å². The van der Waals surface area contributed by atoms with Crippen LogP contribution in [-0.2, 0) is 13.0 Å². The second kappa shape index (κ2) is 5.82. The Morgan fingerprint density at radius 3 is 2.57 bits per heavy atom. The van der Waals surface area contributed by atoms with Gasteiger partial charge in [-0.2, -0.15) is 0 Å². The number of hydrogen-bond acceptors (Lipinski definition) is 4. The van der Waals surface area contributed by atoms with E-state index in [9.17, 15) is 0 Å². The molecular weight excluding hydrogens is 260 g/mol. The lowest BCUT2D eigenvalue weighted by atomic mass is 9.94. The molecule has 0 saturated carbocycles. The largest absolute Gasteiger partial charge is 0.352 e. The van der Waals surface area contributed by atoms with Gasteiger partial charge in [0.05, 0.1) is 0 Å². The van der Waals surface area contributed by atoms with Gasteiger partial charge in [0.25, 0.3) is 0 Å². The van der Waals surface area contributed by atoms with Crippen molar-refractivity contribution in [3.8, 4) is 0 Å². The van der Waals surface area contributed by atoms with Crippen LogP contribution < -0.4 is 5.32 Å². The highest BCUT2D eigenvalue weighted by molar-refractivity contribution is 5.30. The number of fused-ring (bicyclic) bond motifs is 1. The third-order valence-electron chi connectivity index (χ3n) is 4.23. The van der Waals surface area contributed by atoms with Gasteiger partial charge in [-0.15, -0.1) is 0 Å². The normalized spacial score (nSPS) is 15.5. The molecule has 4 heteroatoms. The van der Waals surface area contributed by atoms with Crippen molar-refractivity contribution in [2.75, 3.05) is 18.4 Å². The number of rotatable bonds is 4. The summed E-state index contributed by atoms with van der Waals surface area (Å²) in [4.78, 5) is 11.0. The van der Waals surface area contributed by atoms with Crippen molar-refractivity contribution < 1.29 is 0 Å². The Morgan fingerprint density at radius 1 is 1.10 bits per heavy atom. The maximum Gasteiger partial charge on any atom is 0.222 e. The standard InChI is InChI=1S/C17H22N4/c1-17(2,13-20-16-18-9-5-10-19-16)21-11-8-14-6-3-4-7-15(14)12-21/h3-7,9-10H,8,11-13H2,1-2H3,(H,18,19,20). The van der Waals surface area contributed by atoms with Gasteiger partial charge in [-0.05, 0) is 37.5 Å². The van der Waals surface area contributed by atoms with E-state index in [2.05, 4.69) is 58.3 Å². The van der Waals surface area contributed by atoms with Gasteiger partial charge in [-0.25, -0.2) is 9.97 Å². The summed E-state index contributed by atoms with van der Waals surface area (Å²) < 4.78 is 0. The number of aromatic nitrogens is 2. The van der Waals surface area contributed by atoms with Crippen molar-refractivity contribution in [3.05, 3.63) is 53.9 Å². The van der Waals surface area contributed by atoms with Crippen LogP contribution in [0.1, 0.15) is 25.0 Å². The van der Waals surface area contributed by atoms with Gasteiger partial charge in [0.2, 0.25) is 5.95 Å². The Labute approximate surface area is 126 Å². The van der Waals surface area contributed by atoms with Crippen LogP contribution in [0.25, 0.3) is 0 Å². The van der Waals surface area contributed by atoms with Gasteiger partial charge < -0.3 is 5.32 Å². The topological polar surface area (TPSA) is 41.1 Å². The van der Waals surface area contributed by atoms with Gasteiger partial charge in [0, 0.05) is 37.6 Å². The van der Waals surface area contributed by atoms with Crippen LogP contribution in [0.4, 0.5) is 5.95 Å². The van der Waals surface area contributed by atoms with E-state index in [0.29, 0.717) is 5.95 Å². The molecule has 1 aliphatic rings. The fourth-order valence-corrected chi connectivity index (χ4v) is 2.81. The van der Waals surface area contributed by atoms with E-state index in [1.807, 2.05) is 6.07 Å². The average Bonchev–Trinajstić information content (AvgIpc) is 2.53. The number of benzene rings is 1. The van der Waals surface area contributed by atoms with E-state index in [1.54, 1.807) is 12.4 Å². The van der Waals surface area contributed by atoms with Crippen LogP contribution in [0.3, 0.4) is 0 Å². The molecule has 110 valence electrons. The third-order valence-corrected chi connectivity index (χ3v) is 4.23. The quantitative estimate of drug-likeness (QED) is 0.936. The highest BCUT2D eigenvalue weighted by atomic mass is 15.2. The summed E-state index contributed by atoms with van der Waals surface area (Å²) in [7, 11) is 0. The molecule has 1 aliphatic heterocycles. The fourth-order valence-electron chi connectivity index (χ4n) is 2.81. The first-order valence-electron chi connectivity index (χ1n) is 7.48. The van der Waals surface area contributed by atoms with E-state index in [0.717, 1.165) is 26.1 Å². The van der Waals surface area contributed by atoms with Crippen LogP contribution in [-0.4, -0.2) is 33.5 Å². The summed E-state index contributed by atoms with van der Waals surface area (Å²) in [5.74, 6) is 0.697. The lowest BCUT2D eigenvalue weighted by Gasteiger charge is -2.41. The van der Waals surface area contributed by atoms with Crippen molar-refractivity contribution >= 4 is 5.95 Å². The average molecular weight is 282 g/mol. The minimum atomic E-state index is 0.0622. The van der Waals surface area contributed by atoms with Gasteiger partial charge in [-0.1, -0.05) is 24.3 Å². The van der Waals surface area contributed by atoms with Gasteiger partial charge in [0.15, 0.2) is 0 Å². The molecule has 1 N–H and O–H groups in total. The van der Waals surface area contributed by atoms with Crippen LogP contribution in [0.5, 0.6) is 0 Å². The van der Waals surface area contributed by atoms with Crippen LogP contribution in [0.2, 0.25) is 0 Å². The Balaban J connectivity index is 1.66. The summed E-state index contributed by atoms with van der Waals surface area (Å²) in [6, 6.07) is 10.6. The van der Waals surface area contributed by atoms with Gasteiger partial charge in [0.1, 0.15) is 0 Å². The van der Waals surface area contributed by atoms with E-state index in [4.69, 9.17) is 0 Å². The van der Waals surface area contributed by atoms with Crippen molar-refractivity contribution in [2.24, 2.45) is 0 Å². The summed E-state index contributed by atoms with van der Waals surface area (Å²) in [6.07, 6.45) is 4.65. The maximum atomic E-state index is 4.22. The van der Waals surface area contributed by atoms with Crippen molar-refractivity contribution in [3.63, 3.8) is 0 Å². The second-order valence-electron chi connectivity index (χ2n) is 6.18. The lowest BCUT2D eigenvalue weighted by Crippen LogP contribution is -2.50. The summed E-state index contributed by atoms with van der Waals surface area (Å²) in [5.41, 5.74) is 3.00. The SMILES string of the molecule is CC(C)(CNc1ncccn1)N1CCc2ccccc2C1. The molecule has 2 heterocycles. The molecular formula is C17H22N4. The molecule has 0 amide bonds. The molecule has 0 spiro atoms. The molecule has 0 aliphatic carbocycles. The highest BCUT2D eigenvalue weighted by Crippen LogP contribution is 2.25. The Hall–Kier alpha value is -1.94. The van der Waals surface area contributed by atoms with Gasteiger partial charge in [-0.3, -0.25) is 4.90 Å². The maximum absolute atomic E-state index is 4.22. The zero-order valence-electron chi connectivity index (χ0n) is 12.7. The molecule has 1 aromatic heterocycles. The molecule has 3 rings (SSSR count). The van der Waals surface area contributed by atoms with E-state index >= 15 is 0 Å². The molecule has 0 atom stereocenters. The predicted octanol–water partition coefficient (Wildman–Crippen LogP) is 2.73. The molecule has 4 nitrogen and oxygen atoms in total. The number of nitrogens with one attached hydrogen (secondary N) is 1. The first-order chi connectivity index (χ1) is 10.1. The molecule has 0 radical (unpaired) electrons. The molecule has 21 heavy (non-hydrogen) atoms. The van der Waals surface area contributed by atoms with E-state index < -0.39 is 0 Å². The Morgan fingerprint density at radius 2 is 1.81 bits per heavy atom. The number of nitrogens with zero attached hydrogens (tertiary/aromatic N) is 3. The summed E-state index contributed by atoms with van der Waals surface area (Å²) in [5, 5.41) is 3.34. The number of anilines is 1. The fraction of sp³-hybridized carbons (Fsp3) is 0.412. The molecule has 1 aromatic carbocycles. The van der Waals surface area contributed by atoms with Crippen molar-refractivity contribution in [2.45, 2.75) is 32.4 Å². The van der Waals surface area contributed by atoms with Gasteiger partial charge >= 0.3 is 0 Å². The first kappa shape index (κ1) is 14.0. The summed E-state index contributed by atoms with van der Waals surface area (Å²) >= 11 is 0. The zero-order valence-corrected chi connectivity index (χ0v) is 12.7. The monoisotopic (exact) mass is 282 g/mol. The molecule has 0 saturated heterocycles. The molecule has 0 fully saturated rings. The zero-order chi connectivity index (χ0) is 14.7. The lowest BCUT2D eigenvalue weighted by molar-refractivity contribution is 0.115. The minimum Gasteiger partial charge on any atom is -0.352 e. The third kappa shape index (κ3) is 3.22. The second-order valence-corrected chi connectivity index (χ2v) is 6.18. The van der Waals surface area contributed by atoms with Crippen molar-refractivity contribution in [1.82, 2.24) is 14.9 Å². The van der Waals surface area contributed by atoms with Crippen LogP contribution >= 0.6 is 0 Å². The highest BCUT2D eigenvalue weighted by Gasteiger charge is 2.29. The molecule has 0 bridgehead atoms. The Kier molecular flexibility index (Phi) is 3.88. The molecule has 0 unspecified atom stereocenters.